The number of nitrogens with one attached hydrogen (secondary N) is 2. The lowest BCUT2D eigenvalue weighted by atomic mass is 9.89. The third kappa shape index (κ3) is 3.57. The molecule has 3 N–H and O–H groups in total. The van der Waals surface area contributed by atoms with E-state index < -0.39 is 11.8 Å². The number of aliphatic hydroxyl groups is 1. The van der Waals surface area contributed by atoms with E-state index >= 15 is 0 Å². The zero-order valence-corrected chi connectivity index (χ0v) is 15.0. The SMILES string of the molecule is O=C(CN1C(=O)NC2(CCCCCC2)C1O)Nc1ccc(Br)cc1. The second kappa shape index (κ2) is 7.11. The fourth-order valence-electron chi connectivity index (χ4n) is 3.55. The van der Waals surface area contributed by atoms with E-state index in [1.165, 1.54) is 4.90 Å². The molecule has 1 unspecified atom stereocenters. The molecule has 0 bridgehead atoms. The highest BCUT2D eigenvalue weighted by Crippen LogP contribution is 2.35. The van der Waals surface area contributed by atoms with Gasteiger partial charge in [-0.25, -0.2) is 4.79 Å². The van der Waals surface area contributed by atoms with Crippen LogP contribution in [0, 0.1) is 0 Å². The largest absolute Gasteiger partial charge is 0.371 e. The van der Waals surface area contributed by atoms with E-state index in [1.54, 1.807) is 12.1 Å². The lowest BCUT2D eigenvalue weighted by Crippen LogP contribution is -2.50. The minimum absolute atomic E-state index is 0.162. The molecule has 1 atom stereocenters. The predicted octanol–water partition coefficient (Wildman–Crippen LogP) is 2.82. The zero-order chi connectivity index (χ0) is 17.2. The number of urea groups is 1. The minimum Gasteiger partial charge on any atom is -0.371 e. The molecule has 1 saturated carbocycles. The number of hydrogen-bond acceptors (Lipinski definition) is 3. The highest BCUT2D eigenvalue weighted by molar-refractivity contribution is 9.10. The number of amides is 3. The van der Waals surface area contributed by atoms with Crippen molar-refractivity contribution in [2.75, 3.05) is 11.9 Å². The Bertz CT molecular complexity index is 612. The monoisotopic (exact) mass is 395 g/mol. The highest BCUT2D eigenvalue weighted by atomic mass is 79.9. The molecule has 24 heavy (non-hydrogen) atoms. The number of anilines is 1. The third-order valence-electron chi connectivity index (χ3n) is 4.84. The summed E-state index contributed by atoms with van der Waals surface area (Å²) >= 11 is 3.34. The zero-order valence-electron chi connectivity index (χ0n) is 13.4. The molecule has 3 rings (SSSR count). The van der Waals surface area contributed by atoms with Gasteiger partial charge in [-0.3, -0.25) is 9.69 Å². The number of carbonyl (C=O) groups excluding carboxylic acids is 2. The van der Waals surface area contributed by atoms with Crippen LogP contribution < -0.4 is 10.6 Å². The molecule has 7 heteroatoms. The molecule has 6 nitrogen and oxygen atoms in total. The van der Waals surface area contributed by atoms with Crippen molar-refractivity contribution in [1.29, 1.82) is 0 Å². The van der Waals surface area contributed by atoms with Crippen molar-refractivity contribution in [1.82, 2.24) is 10.2 Å². The number of hydrogen-bond donors (Lipinski definition) is 3. The molecule has 2 fully saturated rings. The summed E-state index contributed by atoms with van der Waals surface area (Å²) in [6.07, 6.45) is 4.75. The van der Waals surface area contributed by atoms with Crippen molar-refractivity contribution in [3.8, 4) is 0 Å². The van der Waals surface area contributed by atoms with E-state index in [2.05, 4.69) is 26.6 Å². The number of nitrogens with zero attached hydrogens (tertiary/aromatic N) is 1. The van der Waals surface area contributed by atoms with Gasteiger partial charge in [-0.05, 0) is 37.1 Å². The quantitative estimate of drug-likeness (QED) is 0.735. The maximum atomic E-state index is 12.3. The Morgan fingerprint density at radius 3 is 2.50 bits per heavy atom. The number of carbonyl (C=O) groups is 2. The fourth-order valence-corrected chi connectivity index (χ4v) is 3.81. The second-order valence-electron chi connectivity index (χ2n) is 6.56. The first-order chi connectivity index (χ1) is 11.5. The van der Waals surface area contributed by atoms with Gasteiger partial charge in [0.15, 0.2) is 6.23 Å². The van der Waals surface area contributed by atoms with E-state index in [9.17, 15) is 14.7 Å². The van der Waals surface area contributed by atoms with E-state index in [0.29, 0.717) is 5.69 Å². The van der Waals surface area contributed by atoms with Crippen molar-refractivity contribution in [2.45, 2.75) is 50.3 Å². The Morgan fingerprint density at radius 1 is 1.25 bits per heavy atom. The van der Waals surface area contributed by atoms with Gasteiger partial charge in [0.25, 0.3) is 0 Å². The van der Waals surface area contributed by atoms with Crippen molar-refractivity contribution in [3.05, 3.63) is 28.7 Å². The molecule has 1 spiro atoms. The maximum Gasteiger partial charge on any atom is 0.320 e. The summed E-state index contributed by atoms with van der Waals surface area (Å²) in [5, 5.41) is 16.4. The van der Waals surface area contributed by atoms with Crippen LogP contribution in [0.25, 0.3) is 0 Å². The van der Waals surface area contributed by atoms with Crippen molar-refractivity contribution in [2.24, 2.45) is 0 Å². The average Bonchev–Trinajstić information content (AvgIpc) is 2.73. The summed E-state index contributed by atoms with van der Waals surface area (Å²) < 4.78 is 0.921. The molecule has 1 saturated heterocycles. The van der Waals surface area contributed by atoms with Crippen LogP contribution in [0.3, 0.4) is 0 Å². The Morgan fingerprint density at radius 2 is 1.88 bits per heavy atom. The number of aliphatic hydroxyl groups excluding tert-OH is 1. The van der Waals surface area contributed by atoms with E-state index in [4.69, 9.17) is 0 Å². The molecule has 0 radical (unpaired) electrons. The summed E-state index contributed by atoms with van der Waals surface area (Å²) in [5.41, 5.74) is 0.0485. The van der Waals surface area contributed by atoms with Crippen LogP contribution in [0.2, 0.25) is 0 Å². The van der Waals surface area contributed by atoms with Gasteiger partial charge in [0.2, 0.25) is 5.91 Å². The number of rotatable bonds is 3. The minimum atomic E-state index is -0.959. The van der Waals surface area contributed by atoms with E-state index in [-0.39, 0.29) is 18.5 Å². The first kappa shape index (κ1) is 17.2. The molecule has 1 aromatic rings. The summed E-state index contributed by atoms with van der Waals surface area (Å²) in [4.78, 5) is 25.7. The highest BCUT2D eigenvalue weighted by Gasteiger charge is 2.50. The van der Waals surface area contributed by atoms with Crippen LogP contribution in [0.15, 0.2) is 28.7 Å². The van der Waals surface area contributed by atoms with Crippen molar-refractivity contribution >= 4 is 33.6 Å². The van der Waals surface area contributed by atoms with Crippen LogP contribution in [0.1, 0.15) is 38.5 Å². The summed E-state index contributed by atoms with van der Waals surface area (Å²) in [6.45, 7) is -0.162. The van der Waals surface area contributed by atoms with Crippen LogP contribution >= 0.6 is 15.9 Å². The van der Waals surface area contributed by atoms with Crippen LogP contribution in [-0.2, 0) is 4.79 Å². The van der Waals surface area contributed by atoms with Gasteiger partial charge >= 0.3 is 6.03 Å². The van der Waals surface area contributed by atoms with Crippen molar-refractivity contribution in [3.63, 3.8) is 0 Å². The Hall–Kier alpha value is -1.60. The summed E-state index contributed by atoms with van der Waals surface area (Å²) in [6, 6.07) is 6.83. The first-order valence-corrected chi connectivity index (χ1v) is 9.12. The van der Waals surface area contributed by atoms with Crippen LogP contribution in [0.5, 0.6) is 0 Å². The average molecular weight is 396 g/mol. The molecular weight excluding hydrogens is 374 g/mol. The van der Waals surface area contributed by atoms with Gasteiger partial charge in [-0.1, -0.05) is 41.6 Å². The molecule has 1 aliphatic heterocycles. The normalized spacial score (nSPS) is 23.0. The van der Waals surface area contributed by atoms with Gasteiger partial charge in [0.05, 0.1) is 5.54 Å². The standard InChI is InChI=1S/C17H22BrN3O3/c18-12-5-7-13(8-6-12)19-14(22)11-21-15(23)17(20-16(21)24)9-3-1-2-4-10-17/h5-8,15,23H,1-4,9-11H2,(H,19,22)(H,20,24). The lowest BCUT2D eigenvalue weighted by Gasteiger charge is -2.32. The molecule has 1 heterocycles. The van der Waals surface area contributed by atoms with Gasteiger partial charge in [0, 0.05) is 10.2 Å². The summed E-state index contributed by atoms with van der Waals surface area (Å²) in [5.74, 6) is -0.322. The third-order valence-corrected chi connectivity index (χ3v) is 5.37. The molecular formula is C17H22BrN3O3. The van der Waals surface area contributed by atoms with E-state index in [1.807, 2.05) is 12.1 Å². The maximum absolute atomic E-state index is 12.3. The second-order valence-corrected chi connectivity index (χ2v) is 7.47. The van der Waals surface area contributed by atoms with Crippen LogP contribution in [0.4, 0.5) is 10.5 Å². The predicted molar refractivity (Wildman–Crippen MR) is 94.4 cm³/mol. The van der Waals surface area contributed by atoms with Crippen LogP contribution in [-0.4, -0.2) is 40.3 Å². The Kier molecular flexibility index (Phi) is 5.10. The van der Waals surface area contributed by atoms with Gasteiger partial charge < -0.3 is 15.7 Å². The van der Waals surface area contributed by atoms with Gasteiger partial charge in [0.1, 0.15) is 6.54 Å². The van der Waals surface area contributed by atoms with E-state index in [0.717, 1.165) is 43.0 Å². The molecule has 3 amide bonds. The van der Waals surface area contributed by atoms with Crippen molar-refractivity contribution < 1.29 is 14.7 Å². The molecule has 130 valence electrons. The molecule has 2 aliphatic rings. The summed E-state index contributed by atoms with van der Waals surface area (Å²) in [7, 11) is 0. The number of halogens is 1. The number of benzene rings is 1. The Labute approximate surface area is 149 Å². The first-order valence-electron chi connectivity index (χ1n) is 8.32. The molecule has 0 aromatic heterocycles. The Balaban J connectivity index is 1.64. The lowest BCUT2D eigenvalue weighted by molar-refractivity contribution is -0.119. The topological polar surface area (TPSA) is 81.7 Å². The van der Waals surface area contributed by atoms with Gasteiger partial charge in [-0.15, -0.1) is 0 Å². The molecule has 1 aliphatic carbocycles. The van der Waals surface area contributed by atoms with Gasteiger partial charge in [-0.2, -0.15) is 0 Å². The molecule has 1 aromatic carbocycles. The smallest absolute Gasteiger partial charge is 0.320 e. The fraction of sp³-hybridized carbons (Fsp3) is 0.529.